The third-order valence-corrected chi connectivity index (χ3v) is 6.01. The van der Waals surface area contributed by atoms with Crippen LogP contribution in [0.2, 0.25) is 0 Å². The molecule has 1 aromatic carbocycles. The number of thiazole rings is 1. The molecular formula is C19H23F2N3O2S. The smallest absolute Gasteiger partial charge is 0.315 e. The van der Waals surface area contributed by atoms with E-state index in [0.29, 0.717) is 18.4 Å². The van der Waals surface area contributed by atoms with E-state index in [9.17, 15) is 13.6 Å². The van der Waals surface area contributed by atoms with E-state index in [1.807, 2.05) is 12.3 Å². The molecule has 0 bridgehead atoms. The maximum atomic E-state index is 14.3. The van der Waals surface area contributed by atoms with E-state index in [1.54, 1.807) is 7.11 Å². The molecule has 1 aromatic heterocycles. The first-order valence-electron chi connectivity index (χ1n) is 8.92. The van der Waals surface area contributed by atoms with Crippen molar-refractivity contribution in [2.45, 2.75) is 50.8 Å². The Labute approximate surface area is 161 Å². The lowest BCUT2D eigenvalue weighted by Crippen LogP contribution is -2.48. The highest BCUT2D eigenvalue weighted by Crippen LogP contribution is 2.40. The molecule has 0 saturated heterocycles. The van der Waals surface area contributed by atoms with Gasteiger partial charge in [-0.05, 0) is 25.8 Å². The Morgan fingerprint density at radius 1 is 1.37 bits per heavy atom. The largest absolute Gasteiger partial charge is 0.375 e. The molecule has 1 heterocycles. The Balaban J connectivity index is 1.66. The predicted molar refractivity (Wildman–Crippen MR) is 99.4 cm³/mol. The van der Waals surface area contributed by atoms with Crippen LogP contribution < -0.4 is 10.6 Å². The van der Waals surface area contributed by atoms with Crippen molar-refractivity contribution in [2.75, 3.05) is 7.11 Å². The number of nitrogens with one attached hydrogen (secondary N) is 2. The van der Waals surface area contributed by atoms with E-state index in [4.69, 9.17) is 4.74 Å². The zero-order chi connectivity index (χ0) is 19.4. The topological polar surface area (TPSA) is 63.2 Å². The van der Waals surface area contributed by atoms with Crippen molar-refractivity contribution in [1.29, 1.82) is 0 Å². The maximum Gasteiger partial charge on any atom is 0.315 e. The Morgan fingerprint density at radius 2 is 2.11 bits per heavy atom. The van der Waals surface area contributed by atoms with Crippen LogP contribution in [0.15, 0.2) is 23.6 Å². The van der Waals surface area contributed by atoms with E-state index in [2.05, 4.69) is 15.6 Å². The van der Waals surface area contributed by atoms with Gasteiger partial charge in [-0.2, -0.15) is 0 Å². The Morgan fingerprint density at radius 3 is 2.78 bits per heavy atom. The molecule has 0 radical (unpaired) electrons. The van der Waals surface area contributed by atoms with Gasteiger partial charge in [0.15, 0.2) is 0 Å². The Bertz CT molecular complexity index is 806. The second kappa shape index (κ2) is 8.31. The number of ether oxygens (including phenoxy) is 1. The average Bonchev–Trinajstić information content (AvgIpc) is 3.29. The highest BCUT2D eigenvalue weighted by molar-refractivity contribution is 7.09. The maximum absolute atomic E-state index is 14.3. The lowest BCUT2D eigenvalue weighted by Gasteiger charge is -2.31. The van der Waals surface area contributed by atoms with Gasteiger partial charge in [-0.1, -0.05) is 18.9 Å². The number of hydrogen-bond acceptors (Lipinski definition) is 4. The molecule has 27 heavy (non-hydrogen) atoms. The zero-order valence-corrected chi connectivity index (χ0v) is 16.2. The van der Waals surface area contributed by atoms with Gasteiger partial charge in [0.25, 0.3) is 0 Å². The van der Waals surface area contributed by atoms with Crippen LogP contribution in [0.3, 0.4) is 0 Å². The van der Waals surface area contributed by atoms with E-state index < -0.39 is 23.2 Å². The summed E-state index contributed by atoms with van der Waals surface area (Å²) in [6.45, 7) is 2.17. The number of methoxy groups -OCH3 is 1. The number of aromatic nitrogens is 1. The quantitative estimate of drug-likeness (QED) is 0.762. The summed E-state index contributed by atoms with van der Waals surface area (Å²) in [5.74, 6) is -1.26. The van der Waals surface area contributed by atoms with Crippen molar-refractivity contribution in [3.63, 3.8) is 0 Å². The zero-order valence-electron chi connectivity index (χ0n) is 15.4. The number of urea groups is 1. The summed E-state index contributed by atoms with van der Waals surface area (Å²) in [5, 5.41) is 8.41. The average molecular weight is 395 g/mol. The fraction of sp³-hybridized carbons (Fsp3) is 0.474. The van der Waals surface area contributed by atoms with Crippen LogP contribution in [0.25, 0.3) is 0 Å². The number of carbonyl (C=O) groups is 1. The van der Waals surface area contributed by atoms with Gasteiger partial charge < -0.3 is 15.4 Å². The van der Waals surface area contributed by atoms with Crippen molar-refractivity contribution in [2.24, 2.45) is 0 Å². The van der Waals surface area contributed by atoms with E-state index in [1.165, 1.54) is 23.5 Å². The minimum atomic E-state index is -0.806. The molecule has 146 valence electrons. The highest BCUT2D eigenvalue weighted by Gasteiger charge is 2.39. The molecule has 2 amide bonds. The highest BCUT2D eigenvalue weighted by atomic mass is 32.1. The van der Waals surface area contributed by atoms with Crippen LogP contribution in [0.5, 0.6) is 0 Å². The molecular weight excluding hydrogens is 372 g/mol. The molecule has 0 spiro atoms. The first-order valence-corrected chi connectivity index (χ1v) is 9.80. The standard InChI is InChI=1S/C19H23F2N3O2S/c1-12(26-2)17-23-14(11-27-17)10-22-18(25)24-19(7-3-4-8-19)15-6-5-13(20)9-16(15)21/h5-6,9,11-12H,3-4,7-8,10H2,1-2H3,(H2,22,24,25). The van der Waals surface area contributed by atoms with Crippen LogP contribution in [0.1, 0.15) is 55.0 Å². The fourth-order valence-electron chi connectivity index (χ4n) is 3.44. The molecule has 2 N–H and O–H groups in total. The lowest BCUT2D eigenvalue weighted by molar-refractivity contribution is 0.119. The molecule has 3 rings (SSSR count). The van der Waals surface area contributed by atoms with Crippen LogP contribution in [0.4, 0.5) is 13.6 Å². The molecule has 1 saturated carbocycles. The molecule has 1 unspecified atom stereocenters. The van der Waals surface area contributed by atoms with Crippen molar-refractivity contribution in [1.82, 2.24) is 15.6 Å². The molecule has 1 atom stereocenters. The number of amides is 2. The number of carbonyl (C=O) groups excluding carboxylic acids is 1. The summed E-state index contributed by atoms with van der Waals surface area (Å²) in [6.07, 6.45) is 2.90. The van der Waals surface area contributed by atoms with E-state index in [0.717, 1.165) is 29.6 Å². The van der Waals surface area contributed by atoms with Gasteiger partial charge in [0, 0.05) is 24.1 Å². The number of rotatable bonds is 6. The summed E-state index contributed by atoms with van der Waals surface area (Å²) < 4.78 is 32.8. The normalized spacial score (nSPS) is 16.9. The third kappa shape index (κ3) is 4.44. The van der Waals surface area contributed by atoms with Crippen molar-refractivity contribution >= 4 is 17.4 Å². The summed E-state index contributed by atoms with van der Waals surface area (Å²) in [4.78, 5) is 16.9. The van der Waals surface area contributed by atoms with E-state index in [-0.39, 0.29) is 12.6 Å². The van der Waals surface area contributed by atoms with Crippen molar-refractivity contribution in [3.05, 3.63) is 51.5 Å². The predicted octanol–water partition coefficient (Wildman–Crippen LogP) is 4.40. The van der Waals surface area contributed by atoms with Gasteiger partial charge in [-0.3, -0.25) is 0 Å². The fourth-order valence-corrected chi connectivity index (χ4v) is 4.29. The van der Waals surface area contributed by atoms with E-state index >= 15 is 0 Å². The molecule has 1 aliphatic rings. The second-order valence-corrected chi connectivity index (χ2v) is 7.67. The van der Waals surface area contributed by atoms with Crippen molar-refractivity contribution in [3.8, 4) is 0 Å². The van der Waals surface area contributed by atoms with Crippen LogP contribution in [-0.2, 0) is 16.8 Å². The summed E-state index contributed by atoms with van der Waals surface area (Å²) in [5.41, 5.74) is 0.267. The Kier molecular flexibility index (Phi) is 6.06. The second-order valence-electron chi connectivity index (χ2n) is 6.78. The first kappa shape index (κ1) is 19.7. The lowest BCUT2D eigenvalue weighted by atomic mass is 9.87. The molecule has 2 aromatic rings. The van der Waals surface area contributed by atoms with Crippen LogP contribution in [0, 0.1) is 11.6 Å². The number of nitrogens with zero attached hydrogens (tertiary/aromatic N) is 1. The molecule has 8 heteroatoms. The minimum absolute atomic E-state index is 0.0965. The summed E-state index contributed by atoms with van der Waals surface area (Å²) in [7, 11) is 1.62. The van der Waals surface area contributed by atoms with Gasteiger partial charge in [-0.15, -0.1) is 11.3 Å². The molecule has 0 aliphatic heterocycles. The third-order valence-electron chi connectivity index (χ3n) is 4.96. The van der Waals surface area contributed by atoms with Gasteiger partial charge in [0.2, 0.25) is 0 Å². The molecule has 1 aliphatic carbocycles. The van der Waals surface area contributed by atoms with Gasteiger partial charge >= 0.3 is 6.03 Å². The number of benzene rings is 1. The van der Waals surface area contributed by atoms with Gasteiger partial charge in [-0.25, -0.2) is 18.6 Å². The number of halogens is 2. The van der Waals surface area contributed by atoms with Crippen molar-refractivity contribution < 1.29 is 18.3 Å². The molecule has 5 nitrogen and oxygen atoms in total. The van der Waals surface area contributed by atoms with Gasteiger partial charge in [0.05, 0.1) is 17.8 Å². The van der Waals surface area contributed by atoms with Crippen LogP contribution in [-0.4, -0.2) is 18.1 Å². The van der Waals surface area contributed by atoms with Crippen LogP contribution >= 0.6 is 11.3 Å². The Hall–Kier alpha value is -2.06. The monoisotopic (exact) mass is 395 g/mol. The van der Waals surface area contributed by atoms with Gasteiger partial charge in [0.1, 0.15) is 22.7 Å². The minimum Gasteiger partial charge on any atom is -0.375 e. The number of hydrogen-bond donors (Lipinski definition) is 2. The summed E-state index contributed by atoms with van der Waals surface area (Å²) in [6, 6.07) is 3.12. The SMILES string of the molecule is COC(C)c1nc(CNC(=O)NC2(c3ccc(F)cc3F)CCCC2)cs1. The first-order chi connectivity index (χ1) is 12.9. The molecule has 1 fully saturated rings. The summed E-state index contributed by atoms with van der Waals surface area (Å²) >= 11 is 1.47.